The number of piperidine rings is 1. The largest absolute Gasteiger partial charge is 0.392 e. The Bertz CT molecular complexity index is 127. The molecule has 1 saturated heterocycles. The van der Waals surface area contributed by atoms with E-state index in [1.165, 1.54) is 45.2 Å². The van der Waals surface area contributed by atoms with Crippen LogP contribution < -0.4 is 0 Å². The van der Waals surface area contributed by atoms with Gasteiger partial charge in [-0.2, -0.15) is 0 Å². The number of hydrogen-bond acceptors (Lipinski definition) is 2. The topological polar surface area (TPSA) is 23.5 Å². The number of nitrogens with zero attached hydrogens (tertiary/aromatic N) is 1. The molecule has 1 unspecified atom stereocenters. The fraction of sp³-hybridized carbons (Fsp3) is 1.00. The van der Waals surface area contributed by atoms with Crippen molar-refractivity contribution >= 4 is 0 Å². The molecule has 1 atom stereocenters. The predicted molar refractivity (Wildman–Crippen MR) is 55.8 cm³/mol. The van der Waals surface area contributed by atoms with E-state index >= 15 is 0 Å². The van der Waals surface area contributed by atoms with E-state index < -0.39 is 0 Å². The van der Waals surface area contributed by atoms with Gasteiger partial charge in [-0.25, -0.2) is 0 Å². The molecule has 0 aromatic carbocycles. The maximum Gasteiger partial charge on any atom is 0.0667 e. The maximum atomic E-state index is 9.44. The minimum atomic E-state index is -0.0556. The van der Waals surface area contributed by atoms with Crippen LogP contribution in [-0.2, 0) is 0 Å². The van der Waals surface area contributed by atoms with Crippen LogP contribution in [0.2, 0.25) is 0 Å². The van der Waals surface area contributed by atoms with Crippen LogP contribution in [-0.4, -0.2) is 35.7 Å². The molecule has 0 aromatic heterocycles. The van der Waals surface area contributed by atoms with Gasteiger partial charge in [0.25, 0.3) is 0 Å². The summed E-state index contributed by atoms with van der Waals surface area (Å²) < 4.78 is 0. The third-order valence-corrected chi connectivity index (χ3v) is 2.81. The summed E-state index contributed by atoms with van der Waals surface area (Å²) in [6.45, 7) is 5.54. The van der Waals surface area contributed by atoms with Crippen molar-refractivity contribution in [3.63, 3.8) is 0 Å². The lowest BCUT2D eigenvalue weighted by atomic mass is 10.1. The predicted octanol–water partition coefficient (Wildman–Crippen LogP) is 2.02. The molecule has 1 heterocycles. The molecular weight excluding hydrogens is 162 g/mol. The van der Waals surface area contributed by atoms with Crippen molar-refractivity contribution in [2.24, 2.45) is 0 Å². The Morgan fingerprint density at radius 2 is 2.15 bits per heavy atom. The highest BCUT2D eigenvalue weighted by atomic mass is 16.3. The van der Waals surface area contributed by atoms with Gasteiger partial charge >= 0.3 is 0 Å². The van der Waals surface area contributed by atoms with Gasteiger partial charge in [-0.3, -0.25) is 0 Å². The summed E-state index contributed by atoms with van der Waals surface area (Å²) in [5.74, 6) is 0. The maximum absolute atomic E-state index is 9.44. The Kier molecular flexibility index (Phi) is 5.40. The molecule has 0 radical (unpaired) electrons. The van der Waals surface area contributed by atoms with Crippen molar-refractivity contribution in [1.82, 2.24) is 4.90 Å². The smallest absolute Gasteiger partial charge is 0.0667 e. The highest BCUT2D eigenvalue weighted by Crippen LogP contribution is 2.11. The SMILES string of the molecule is CCCCCCN1CCCC(O)C1. The third kappa shape index (κ3) is 4.63. The number of likely N-dealkylation sites (tertiary alicyclic amines) is 1. The van der Waals surface area contributed by atoms with Crippen LogP contribution in [0.1, 0.15) is 45.4 Å². The highest BCUT2D eigenvalue weighted by Gasteiger charge is 2.16. The second-order valence-corrected chi connectivity index (χ2v) is 4.16. The van der Waals surface area contributed by atoms with Crippen LogP contribution in [0.3, 0.4) is 0 Å². The fourth-order valence-corrected chi connectivity index (χ4v) is 2.00. The monoisotopic (exact) mass is 185 g/mol. The van der Waals surface area contributed by atoms with Gasteiger partial charge < -0.3 is 10.0 Å². The van der Waals surface area contributed by atoms with Gasteiger partial charge in [0.1, 0.15) is 0 Å². The van der Waals surface area contributed by atoms with Crippen LogP contribution in [0.25, 0.3) is 0 Å². The number of hydrogen-bond donors (Lipinski definition) is 1. The summed E-state index contributed by atoms with van der Waals surface area (Å²) in [4.78, 5) is 2.41. The van der Waals surface area contributed by atoms with Gasteiger partial charge in [0, 0.05) is 6.54 Å². The molecule has 2 nitrogen and oxygen atoms in total. The van der Waals surface area contributed by atoms with Crippen molar-refractivity contribution in [2.75, 3.05) is 19.6 Å². The van der Waals surface area contributed by atoms with E-state index in [1.54, 1.807) is 0 Å². The van der Waals surface area contributed by atoms with E-state index in [1.807, 2.05) is 0 Å². The molecule has 0 bridgehead atoms. The number of rotatable bonds is 5. The van der Waals surface area contributed by atoms with Crippen molar-refractivity contribution in [1.29, 1.82) is 0 Å². The summed E-state index contributed by atoms with van der Waals surface area (Å²) >= 11 is 0. The van der Waals surface area contributed by atoms with E-state index in [4.69, 9.17) is 0 Å². The van der Waals surface area contributed by atoms with Crippen LogP contribution in [0.15, 0.2) is 0 Å². The summed E-state index contributed by atoms with van der Waals surface area (Å²) in [5, 5.41) is 9.44. The van der Waals surface area contributed by atoms with E-state index in [0.29, 0.717) is 0 Å². The Labute approximate surface area is 81.9 Å². The van der Waals surface area contributed by atoms with Gasteiger partial charge in [-0.1, -0.05) is 26.2 Å². The van der Waals surface area contributed by atoms with Gasteiger partial charge in [-0.15, -0.1) is 0 Å². The van der Waals surface area contributed by atoms with Gasteiger partial charge in [0.2, 0.25) is 0 Å². The minimum Gasteiger partial charge on any atom is -0.392 e. The Hall–Kier alpha value is -0.0800. The van der Waals surface area contributed by atoms with Crippen molar-refractivity contribution in [3.05, 3.63) is 0 Å². The summed E-state index contributed by atoms with van der Waals surface area (Å²) in [5.41, 5.74) is 0. The van der Waals surface area contributed by atoms with E-state index in [-0.39, 0.29) is 6.10 Å². The van der Waals surface area contributed by atoms with Crippen LogP contribution in [0.4, 0.5) is 0 Å². The summed E-state index contributed by atoms with van der Waals surface area (Å²) in [7, 11) is 0. The van der Waals surface area contributed by atoms with E-state index in [2.05, 4.69) is 11.8 Å². The molecule has 1 aliphatic heterocycles. The summed E-state index contributed by atoms with van der Waals surface area (Å²) in [6, 6.07) is 0. The zero-order chi connectivity index (χ0) is 9.52. The molecule has 1 aliphatic rings. The minimum absolute atomic E-state index is 0.0556. The van der Waals surface area contributed by atoms with Crippen molar-refractivity contribution in [2.45, 2.75) is 51.6 Å². The molecular formula is C11H23NO. The molecule has 1 N–H and O–H groups in total. The Balaban J connectivity index is 2.00. The van der Waals surface area contributed by atoms with Crippen LogP contribution in [0, 0.1) is 0 Å². The molecule has 2 heteroatoms. The molecule has 1 fully saturated rings. The second-order valence-electron chi connectivity index (χ2n) is 4.16. The lowest BCUT2D eigenvalue weighted by Gasteiger charge is -2.29. The number of aliphatic hydroxyl groups is 1. The normalized spacial score (nSPS) is 24.9. The first kappa shape index (κ1) is 11.0. The highest BCUT2D eigenvalue weighted by molar-refractivity contribution is 4.71. The van der Waals surface area contributed by atoms with Crippen molar-refractivity contribution < 1.29 is 5.11 Å². The molecule has 13 heavy (non-hydrogen) atoms. The van der Waals surface area contributed by atoms with Gasteiger partial charge in [0.15, 0.2) is 0 Å². The molecule has 0 aliphatic carbocycles. The molecule has 0 amide bonds. The molecule has 0 spiro atoms. The first-order chi connectivity index (χ1) is 6.33. The Morgan fingerprint density at radius 1 is 1.31 bits per heavy atom. The van der Waals surface area contributed by atoms with E-state index in [9.17, 15) is 5.11 Å². The number of unbranched alkanes of at least 4 members (excludes halogenated alkanes) is 3. The van der Waals surface area contributed by atoms with Gasteiger partial charge in [-0.05, 0) is 32.4 Å². The van der Waals surface area contributed by atoms with Crippen LogP contribution >= 0.6 is 0 Å². The van der Waals surface area contributed by atoms with E-state index in [0.717, 1.165) is 13.0 Å². The van der Waals surface area contributed by atoms with Crippen LogP contribution in [0.5, 0.6) is 0 Å². The summed E-state index contributed by atoms with van der Waals surface area (Å²) in [6.07, 6.45) is 7.45. The zero-order valence-electron chi connectivity index (χ0n) is 8.84. The average molecular weight is 185 g/mol. The Morgan fingerprint density at radius 3 is 2.85 bits per heavy atom. The average Bonchev–Trinajstić information content (AvgIpc) is 2.13. The lowest BCUT2D eigenvalue weighted by Crippen LogP contribution is -2.38. The second kappa shape index (κ2) is 6.39. The molecule has 0 saturated carbocycles. The zero-order valence-corrected chi connectivity index (χ0v) is 8.84. The standard InChI is InChI=1S/C11H23NO/c1-2-3-4-5-8-12-9-6-7-11(13)10-12/h11,13H,2-10H2,1H3. The third-order valence-electron chi connectivity index (χ3n) is 2.81. The first-order valence-corrected chi connectivity index (χ1v) is 5.73. The molecule has 78 valence electrons. The molecule has 1 rings (SSSR count). The number of aliphatic hydroxyl groups excluding tert-OH is 1. The van der Waals surface area contributed by atoms with Crippen molar-refractivity contribution in [3.8, 4) is 0 Å². The van der Waals surface area contributed by atoms with Gasteiger partial charge in [0.05, 0.1) is 6.10 Å². The fourth-order valence-electron chi connectivity index (χ4n) is 2.00. The lowest BCUT2D eigenvalue weighted by molar-refractivity contribution is 0.0698. The molecule has 0 aromatic rings. The number of β-amino-alcohol motifs (C(OH)–C–C–N with tert-alkyl or cyclic N) is 1. The first-order valence-electron chi connectivity index (χ1n) is 5.73. The quantitative estimate of drug-likeness (QED) is 0.662.